The lowest BCUT2D eigenvalue weighted by Crippen LogP contribution is -2.40. The van der Waals surface area contributed by atoms with Crippen LogP contribution in [0.3, 0.4) is 0 Å². The van der Waals surface area contributed by atoms with Gasteiger partial charge in [-0.2, -0.15) is 0 Å². The van der Waals surface area contributed by atoms with Gasteiger partial charge in [-0.15, -0.1) is 0 Å². The molecule has 138 valence electrons. The molecule has 1 N–H and O–H groups in total. The van der Waals surface area contributed by atoms with Crippen molar-refractivity contribution >= 4 is 34.2 Å². The number of likely N-dealkylation sites (tertiary alicyclic amines) is 1. The molecule has 1 aliphatic rings. The Bertz CT molecular complexity index is 939. The lowest BCUT2D eigenvalue weighted by Gasteiger charge is -2.32. The standard InChI is InChI=1S/C21H21ClN4O/c22-18-8-9-19(24-12-18)25-21(27)17-7-3-11-26(14-17)13-16-5-1-4-15-6-2-10-23-20(15)16/h1-2,4-6,8-10,12,17H,3,7,11,13-14H2,(H,24,25,27). The van der Waals surface area contributed by atoms with E-state index in [1.165, 1.54) is 11.8 Å². The molecule has 1 saturated heterocycles. The van der Waals surface area contributed by atoms with Crippen LogP contribution in [-0.4, -0.2) is 33.9 Å². The van der Waals surface area contributed by atoms with Gasteiger partial charge in [-0.25, -0.2) is 4.98 Å². The summed E-state index contributed by atoms with van der Waals surface area (Å²) in [4.78, 5) is 23.7. The van der Waals surface area contributed by atoms with Crippen LogP contribution in [-0.2, 0) is 11.3 Å². The van der Waals surface area contributed by atoms with Crippen molar-refractivity contribution in [2.24, 2.45) is 5.92 Å². The van der Waals surface area contributed by atoms with Gasteiger partial charge in [0.25, 0.3) is 0 Å². The molecule has 6 heteroatoms. The van der Waals surface area contributed by atoms with Crippen molar-refractivity contribution in [1.82, 2.24) is 14.9 Å². The molecule has 0 aliphatic carbocycles. The maximum Gasteiger partial charge on any atom is 0.229 e. The predicted octanol–water partition coefficient (Wildman–Crippen LogP) is 4.13. The van der Waals surface area contributed by atoms with Crippen LogP contribution < -0.4 is 5.32 Å². The van der Waals surface area contributed by atoms with Gasteiger partial charge < -0.3 is 5.32 Å². The molecule has 0 bridgehead atoms. The second-order valence-corrected chi connectivity index (χ2v) is 7.35. The van der Waals surface area contributed by atoms with Crippen molar-refractivity contribution in [1.29, 1.82) is 0 Å². The second kappa shape index (κ2) is 8.03. The minimum Gasteiger partial charge on any atom is -0.310 e. The van der Waals surface area contributed by atoms with Crippen molar-refractivity contribution in [2.45, 2.75) is 19.4 Å². The second-order valence-electron chi connectivity index (χ2n) is 6.92. The zero-order chi connectivity index (χ0) is 18.6. The molecule has 3 aromatic rings. The Hall–Kier alpha value is -2.50. The van der Waals surface area contributed by atoms with Gasteiger partial charge in [-0.05, 0) is 43.1 Å². The van der Waals surface area contributed by atoms with Crippen LogP contribution in [0.1, 0.15) is 18.4 Å². The molecule has 1 atom stereocenters. The average Bonchev–Trinajstić information content (AvgIpc) is 2.70. The molecule has 1 unspecified atom stereocenters. The number of anilines is 1. The molecule has 1 aliphatic heterocycles. The molecular formula is C21H21ClN4O. The van der Waals surface area contributed by atoms with Crippen molar-refractivity contribution in [3.05, 3.63) is 65.4 Å². The first kappa shape index (κ1) is 17.9. The first-order valence-corrected chi connectivity index (χ1v) is 9.54. The average molecular weight is 381 g/mol. The third-order valence-corrected chi connectivity index (χ3v) is 5.19. The number of piperidine rings is 1. The zero-order valence-corrected chi connectivity index (χ0v) is 15.7. The molecule has 27 heavy (non-hydrogen) atoms. The molecule has 0 radical (unpaired) electrons. The molecule has 4 rings (SSSR count). The van der Waals surface area contributed by atoms with E-state index in [0.29, 0.717) is 10.8 Å². The number of benzene rings is 1. The van der Waals surface area contributed by atoms with Crippen LogP contribution in [0.4, 0.5) is 5.82 Å². The van der Waals surface area contributed by atoms with Gasteiger partial charge in [-0.1, -0.05) is 35.9 Å². The van der Waals surface area contributed by atoms with Gasteiger partial charge in [0.2, 0.25) is 5.91 Å². The molecule has 1 amide bonds. The Kier molecular flexibility index (Phi) is 5.32. The number of nitrogens with one attached hydrogen (secondary N) is 1. The van der Waals surface area contributed by atoms with Gasteiger partial charge in [-0.3, -0.25) is 14.7 Å². The number of hydrogen-bond donors (Lipinski definition) is 1. The highest BCUT2D eigenvalue weighted by molar-refractivity contribution is 6.30. The maximum atomic E-state index is 12.6. The van der Waals surface area contributed by atoms with Crippen LogP contribution >= 0.6 is 11.6 Å². The smallest absolute Gasteiger partial charge is 0.229 e. The fourth-order valence-electron chi connectivity index (χ4n) is 3.63. The van der Waals surface area contributed by atoms with Gasteiger partial charge in [0.05, 0.1) is 16.5 Å². The van der Waals surface area contributed by atoms with E-state index in [4.69, 9.17) is 11.6 Å². The largest absolute Gasteiger partial charge is 0.310 e. The van der Waals surface area contributed by atoms with Gasteiger partial charge in [0.15, 0.2) is 0 Å². The fourth-order valence-corrected chi connectivity index (χ4v) is 3.74. The summed E-state index contributed by atoms with van der Waals surface area (Å²) in [6, 6.07) is 13.8. The number of nitrogens with zero attached hydrogens (tertiary/aromatic N) is 3. The first-order chi connectivity index (χ1) is 13.2. The number of hydrogen-bond acceptors (Lipinski definition) is 4. The number of para-hydroxylation sites is 1. The number of fused-ring (bicyclic) bond motifs is 1. The SMILES string of the molecule is O=C(Nc1ccc(Cl)cn1)C1CCCN(Cc2cccc3cccnc23)C1. The molecule has 2 aromatic heterocycles. The first-order valence-electron chi connectivity index (χ1n) is 9.16. The van der Waals surface area contributed by atoms with Crippen molar-refractivity contribution < 1.29 is 4.79 Å². The number of carbonyl (C=O) groups is 1. The van der Waals surface area contributed by atoms with E-state index in [9.17, 15) is 4.79 Å². The van der Waals surface area contributed by atoms with E-state index in [-0.39, 0.29) is 11.8 Å². The third kappa shape index (κ3) is 4.26. The summed E-state index contributed by atoms with van der Waals surface area (Å²) in [5, 5.41) is 4.61. The minimum absolute atomic E-state index is 0.0190. The van der Waals surface area contributed by atoms with E-state index in [1.807, 2.05) is 12.3 Å². The maximum absolute atomic E-state index is 12.6. The fraction of sp³-hybridized carbons (Fsp3) is 0.286. The predicted molar refractivity (Wildman–Crippen MR) is 108 cm³/mol. The van der Waals surface area contributed by atoms with Crippen molar-refractivity contribution in [3.63, 3.8) is 0 Å². The summed E-state index contributed by atoms with van der Waals surface area (Å²) in [6.45, 7) is 2.53. The van der Waals surface area contributed by atoms with Gasteiger partial charge in [0, 0.05) is 30.9 Å². The van der Waals surface area contributed by atoms with Crippen molar-refractivity contribution in [3.8, 4) is 0 Å². The lowest BCUT2D eigenvalue weighted by molar-refractivity contribution is -0.121. The number of aromatic nitrogens is 2. The number of halogens is 1. The van der Waals surface area contributed by atoms with E-state index in [0.717, 1.165) is 43.4 Å². The molecule has 3 heterocycles. The van der Waals surface area contributed by atoms with Crippen LogP contribution in [0.2, 0.25) is 5.02 Å². The van der Waals surface area contributed by atoms with Gasteiger partial charge >= 0.3 is 0 Å². The highest BCUT2D eigenvalue weighted by Crippen LogP contribution is 2.23. The topological polar surface area (TPSA) is 58.1 Å². The Morgan fingerprint density at radius 1 is 1.19 bits per heavy atom. The Balaban J connectivity index is 1.43. The highest BCUT2D eigenvalue weighted by atomic mass is 35.5. The summed E-state index contributed by atoms with van der Waals surface area (Å²) in [5.41, 5.74) is 2.24. The van der Waals surface area contributed by atoms with E-state index in [1.54, 1.807) is 12.1 Å². The Labute approximate surface area is 163 Å². The zero-order valence-electron chi connectivity index (χ0n) is 14.9. The lowest BCUT2D eigenvalue weighted by atomic mass is 9.96. The Morgan fingerprint density at radius 2 is 2.07 bits per heavy atom. The molecule has 1 fully saturated rings. The number of pyridine rings is 2. The summed E-state index contributed by atoms with van der Waals surface area (Å²) in [6.07, 6.45) is 5.27. The number of carbonyl (C=O) groups excluding carboxylic acids is 1. The van der Waals surface area contributed by atoms with E-state index < -0.39 is 0 Å². The van der Waals surface area contributed by atoms with Crippen LogP contribution in [0.25, 0.3) is 10.9 Å². The summed E-state index contributed by atoms with van der Waals surface area (Å²) in [7, 11) is 0. The Morgan fingerprint density at radius 3 is 2.93 bits per heavy atom. The third-order valence-electron chi connectivity index (χ3n) is 4.97. The van der Waals surface area contributed by atoms with E-state index in [2.05, 4.69) is 44.5 Å². The highest BCUT2D eigenvalue weighted by Gasteiger charge is 2.26. The van der Waals surface area contributed by atoms with Crippen LogP contribution in [0.5, 0.6) is 0 Å². The summed E-state index contributed by atoms with van der Waals surface area (Å²) < 4.78 is 0. The minimum atomic E-state index is -0.0424. The summed E-state index contributed by atoms with van der Waals surface area (Å²) >= 11 is 5.85. The normalized spacial score (nSPS) is 17.7. The monoisotopic (exact) mass is 380 g/mol. The molecule has 1 aromatic carbocycles. The molecular weight excluding hydrogens is 360 g/mol. The van der Waals surface area contributed by atoms with Gasteiger partial charge in [0.1, 0.15) is 5.82 Å². The van der Waals surface area contributed by atoms with Crippen LogP contribution in [0.15, 0.2) is 54.9 Å². The molecule has 0 spiro atoms. The molecule has 0 saturated carbocycles. The quantitative estimate of drug-likeness (QED) is 0.739. The van der Waals surface area contributed by atoms with Crippen LogP contribution in [0, 0.1) is 5.92 Å². The summed E-state index contributed by atoms with van der Waals surface area (Å²) in [5.74, 6) is 0.518. The molecule has 5 nitrogen and oxygen atoms in total. The van der Waals surface area contributed by atoms with E-state index >= 15 is 0 Å². The van der Waals surface area contributed by atoms with Crippen molar-refractivity contribution in [2.75, 3.05) is 18.4 Å². The number of amides is 1. The number of rotatable bonds is 4.